The van der Waals surface area contributed by atoms with Gasteiger partial charge in [0.25, 0.3) is 11.7 Å². The van der Waals surface area contributed by atoms with E-state index in [1.54, 1.807) is 0 Å². The van der Waals surface area contributed by atoms with Crippen LogP contribution in [0.4, 0.5) is 0 Å². The van der Waals surface area contributed by atoms with E-state index in [2.05, 4.69) is 20.8 Å². The molecule has 1 aliphatic heterocycles. The number of carbonyl (C=O) groups is 1. The Kier molecular flexibility index (Phi) is 3.77. The van der Waals surface area contributed by atoms with Gasteiger partial charge in [-0.25, -0.2) is 0 Å². The molecule has 0 aromatic carbocycles. The minimum atomic E-state index is -0.209. The number of piperidine rings is 1. The molecule has 1 aliphatic carbocycles. The zero-order chi connectivity index (χ0) is 13.1. The van der Waals surface area contributed by atoms with Crippen molar-refractivity contribution in [3.05, 3.63) is 11.7 Å². The number of aromatic nitrogens is 2. The first-order valence-corrected chi connectivity index (χ1v) is 7.15. The van der Waals surface area contributed by atoms with Crippen molar-refractivity contribution in [2.45, 2.75) is 44.6 Å². The number of carbonyl (C=O) groups excluding carboxylic acids is 1. The predicted molar refractivity (Wildman–Crippen MR) is 68.7 cm³/mol. The van der Waals surface area contributed by atoms with Gasteiger partial charge in [-0.1, -0.05) is 5.16 Å². The Balaban J connectivity index is 1.48. The fraction of sp³-hybridized carbons (Fsp3) is 0.769. The van der Waals surface area contributed by atoms with Gasteiger partial charge in [0.1, 0.15) is 0 Å². The van der Waals surface area contributed by atoms with Crippen LogP contribution in [0.25, 0.3) is 0 Å². The van der Waals surface area contributed by atoms with Gasteiger partial charge in [0.15, 0.2) is 0 Å². The second-order valence-electron chi connectivity index (χ2n) is 5.49. The van der Waals surface area contributed by atoms with Crippen LogP contribution in [0.5, 0.6) is 0 Å². The van der Waals surface area contributed by atoms with Crippen LogP contribution in [-0.4, -0.2) is 35.2 Å². The highest BCUT2D eigenvalue weighted by Gasteiger charge is 2.26. The fourth-order valence-corrected chi connectivity index (χ4v) is 2.42. The summed E-state index contributed by atoms with van der Waals surface area (Å²) in [5.41, 5.74) is 0. The van der Waals surface area contributed by atoms with E-state index in [0.717, 1.165) is 44.7 Å². The lowest BCUT2D eigenvalue weighted by atomic mass is 9.93. The van der Waals surface area contributed by atoms with Gasteiger partial charge in [-0.05, 0) is 51.1 Å². The molecule has 19 heavy (non-hydrogen) atoms. The van der Waals surface area contributed by atoms with Crippen LogP contribution in [0.3, 0.4) is 0 Å². The maximum absolute atomic E-state index is 11.7. The Morgan fingerprint density at radius 2 is 2.11 bits per heavy atom. The van der Waals surface area contributed by atoms with Gasteiger partial charge in [0.2, 0.25) is 5.89 Å². The highest BCUT2D eigenvalue weighted by atomic mass is 16.5. The molecule has 3 rings (SSSR count). The van der Waals surface area contributed by atoms with E-state index in [9.17, 15) is 4.79 Å². The Hall–Kier alpha value is -1.43. The summed E-state index contributed by atoms with van der Waals surface area (Å²) in [6.07, 6.45) is 6.38. The van der Waals surface area contributed by atoms with Crippen molar-refractivity contribution in [3.63, 3.8) is 0 Å². The lowest BCUT2D eigenvalue weighted by Crippen LogP contribution is -2.28. The van der Waals surface area contributed by atoms with Crippen molar-refractivity contribution in [1.29, 1.82) is 0 Å². The summed E-state index contributed by atoms with van der Waals surface area (Å²) < 4.78 is 5.14. The van der Waals surface area contributed by atoms with Gasteiger partial charge < -0.3 is 15.2 Å². The molecule has 1 amide bonds. The molecule has 2 N–H and O–H groups in total. The second-order valence-corrected chi connectivity index (χ2v) is 5.49. The lowest BCUT2D eigenvalue weighted by Gasteiger charge is -2.21. The third-order valence-electron chi connectivity index (χ3n) is 3.81. The lowest BCUT2D eigenvalue weighted by molar-refractivity contribution is 0.0937. The van der Waals surface area contributed by atoms with Crippen molar-refractivity contribution in [2.24, 2.45) is 5.92 Å². The summed E-state index contributed by atoms with van der Waals surface area (Å²) in [6.45, 7) is 2.20. The fourth-order valence-electron chi connectivity index (χ4n) is 2.42. The Bertz CT molecular complexity index is 436. The highest BCUT2D eigenvalue weighted by Crippen LogP contribution is 2.20. The predicted octanol–water partition coefficient (Wildman–Crippen LogP) is 0.894. The number of hydrogen-bond donors (Lipinski definition) is 2. The van der Waals surface area contributed by atoms with Crippen molar-refractivity contribution in [1.82, 2.24) is 20.8 Å². The van der Waals surface area contributed by atoms with Crippen molar-refractivity contribution in [3.8, 4) is 0 Å². The molecule has 1 aromatic rings. The molecule has 1 saturated heterocycles. The number of hydrogen-bond acceptors (Lipinski definition) is 5. The summed E-state index contributed by atoms with van der Waals surface area (Å²) in [4.78, 5) is 15.9. The van der Waals surface area contributed by atoms with E-state index in [1.807, 2.05) is 0 Å². The first-order chi connectivity index (χ1) is 9.31. The van der Waals surface area contributed by atoms with E-state index < -0.39 is 0 Å². The molecule has 0 bridgehead atoms. The summed E-state index contributed by atoms with van der Waals surface area (Å²) in [6, 6.07) is 0.323. The molecular weight excluding hydrogens is 244 g/mol. The van der Waals surface area contributed by atoms with Gasteiger partial charge in [0.05, 0.1) is 0 Å². The molecular formula is C13H20N4O2. The van der Waals surface area contributed by atoms with E-state index in [4.69, 9.17) is 4.52 Å². The summed E-state index contributed by atoms with van der Waals surface area (Å²) in [7, 11) is 0. The summed E-state index contributed by atoms with van der Waals surface area (Å²) >= 11 is 0. The molecule has 1 saturated carbocycles. The van der Waals surface area contributed by atoms with Crippen LogP contribution < -0.4 is 10.6 Å². The van der Waals surface area contributed by atoms with Gasteiger partial charge in [0, 0.05) is 12.5 Å². The monoisotopic (exact) mass is 264 g/mol. The molecule has 6 heteroatoms. The average molecular weight is 264 g/mol. The Morgan fingerprint density at radius 1 is 1.32 bits per heavy atom. The van der Waals surface area contributed by atoms with E-state index in [1.165, 1.54) is 12.8 Å². The van der Waals surface area contributed by atoms with Gasteiger partial charge >= 0.3 is 0 Å². The summed E-state index contributed by atoms with van der Waals surface area (Å²) in [5, 5.41) is 9.96. The topological polar surface area (TPSA) is 80.0 Å². The molecule has 0 atom stereocenters. The van der Waals surface area contributed by atoms with Crippen LogP contribution in [0.15, 0.2) is 4.52 Å². The minimum absolute atomic E-state index is 0.173. The van der Waals surface area contributed by atoms with Crippen molar-refractivity contribution >= 4 is 5.91 Å². The first kappa shape index (κ1) is 12.6. The number of nitrogens with zero attached hydrogens (tertiary/aromatic N) is 2. The SMILES string of the molecule is O=C(NC1CC1)c1noc(CCC2CCNCC2)n1. The van der Waals surface area contributed by atoms with Crippen LogP contribution in [0.1, 0.15) is 48.6 Å². The average Bonchev–Trinajstić information content (AvgIpc) is 3.12. The van der Waals surface area contributed by atoms with Crippen LogP contribution in [-0.2, 0) is 6.42 Å². The second kappa shape index (κ2) is 5.69. The quantitative estimate of drug-likeness (QED) is 0.825. The van der Waals surface area contributed by atoms with E-state index in [0.29, 0.717) is 11.9 Å². The minimum Gasteiger partial charge on any atom is -0.346 e. The van der Waals surface area contributed by atoms with Crippen molar-refractivity contribution in [2.75, 3.05) is 13.1 Å². The largest absolute Gasteiger partial charge is 0.346 e. The normalized spacial score (nSPS) is 20.4. The molecule has 6 nitrogen and oxygen atoms in total. The number of aryl methyl sites for hydroxylation is 1. The van der Waals surface area contributed by atoms with Crippen molar-refractivity contribution < 1.29 is 9.32 Å². The molecule has 0 spiro atoms. The highest BCUT2D eigenvalue weighted by molar-refractivity contribution is 5.90. The van der Waals surface area contributed by atoms with Gasteiger partial charge in [-0.3, -0.25) is 4.79 Å². The molecule has 1 aromatic heterocycles. The third-order valence-corrected chi connectivity index (χ3v) is 3.81. The standard InChI is InChI=1S/C13H20N4O2/c18-13(15-10-2-3-10)12-16-11(19-17-12)4-1-9-5-7-14-8-6-9/h9-10,14H,1-8H2,(H,15,18). The number of amides is 1. The van der Waals surface area contributed by atoms with Crippen LogP contribution in [0.2, 0.25) is 0 Å². The molecule has 2 aliphatic rings. The maximum atomic E-state index is 11.7. The maximum Gasteiger partial charge on any atom is 0.292 e. The van der Waals surface area contributed by atoms with Gasteiger partial charge in [-0.2, -0.15) is 4.98 Å². The third kappa shape index (κ3) is 3.53. The number of rotatable bonds is 5. The smallest absolute Gasteiger partial charge is 0.292 e. The zero-order valence-electron chi connectivity index (χ0n) is 11.0. The Morgan fingerprint density at radius 3 is 2.84 bits per heavy atom. The Labute approximate surface area is 112 Å². The zero-order valence-corrected chi connectivity index (χ0v) is 11.0. The van der Waals surface area contributed by atoms with E-state index >= 15 is 0 Å². The van der Waals surface area contributed by atoms with Gasteiger partial charge in [-0.15, -0.1) is 0 Å². The van der Waals surface area contributed by atoms with Crippen LogP contribution >= 0.6 is 0 Å². The molecule has 104 valence electrons. The summed E-state index contributed by atoms with van der Waals surface area (Å²) in [5.74, 6) is 1.28. The van der Waals surface area contributed by atoms with Crippen LogP contribution in [0, 0.1) is 5.92 Å². The van der Waals surface area contributed by atoms with E-state index in [-0.39, 0.29) is 11.7 Å². The molecule has 2 fully saturated rings. The molecule has 0 unspecified atom stereocenters. The number of nitrogens with one attached hydrogen (secondary N) is 2. The first-order valence-electron chi connectivity index (χ1n) is 7.15. The molecule has 0 radical (unpaired) electrons. The molecule has 2 heterocycles.